The van der Waals surface area contributed by atoms with Crippen LogP contribution in [0.25, 0.3) is 11.0 Å². The van der Waals surface area contributed by atoms with Crippen molar-refractivity contribution in [1.29, 1.82) is 0 Å². The molecule has 0 radical (unpaired) electrons. The van der Waals surface area contributed by atoms with Crippen LogP contribution >= 0.6 is 0 Å². The Morgan fingerprint density at radius 1 is 1.48 bits per heavy atom. The molecule has 1 aromatic heterocycles. The number of fused-ring (bicyclic) bond motifs is 1. The van der Waals surface area contributed by atoms with Crippen LogP contribution in [-0.2, 0) is 11.2 Å². The quantitative estimate of drug-likeness (QED) is 0.862. The third kappa shape index (κ3) is 2.40. The summed E-state index contributed by atoms with van der Waals surface area (Å²) < 4.78 is 10.6. The van der Waals surface area contributed by atoms with Gasteiger partial charge in [-0.3, -0.25) is 14.4 Å². The molecule has 2 rings (SSSR count). The lowest BCUT2D eigenvalue weighted by Crippen LogP contribution is -2.16. The van der Waals surface area contributed by atoms with Gasteiger partial charge in [-0.2, -0.15) is 0 Å². The second kappa shape index (κ2) is 5.40. The monoisotopic (exact) mass is 290 g/mol. The molecule has 0 saturated heterocycles. The number of hydrogen-bond acceptors (Lipinski definition) is 6. The van der Waals surface area contributed by atoms with Crippen LogP contribution in [0.5, 0.6) is 11.5 Å². The zero-order chi connectivity index (χ0) is 15.7. The number of phenols is 1. The third-order valence-electron chi connectivity index (χ3n) is 3.21. The van der Waals surface area contributed by atoms with Gasteiger partial charge in [0.25, 0.3) is 0 Å². The van der Waals surface area contributed by atoms with E-state index in [1.807, 2.05) is 0 Å². The zero-order valence-corrected chi connectivity index (χ0v) is 11.9. The molecule has 0 fully saturated rings. The van der Waals surface area contributed by atoms with Gasteiger partial charge >= 0.3 is 0 Å². The smallest absolute Gasteiger partial charge is 0.200 e. The van der Waals surface area contributed by atoms with Crippen molar-refractivity contribution < 1.29 is 23.8 Å². The van der Waals surface area contributed by atoms with Crippen LogP contribution in [0.4, 0.5) is 0 Å². The molecule has 0 aliphatic heterocycles. The van der Waals surface area contributed by atoms with Crippen molar-refractivity contribution >= 4 is 23.0 Å². The fourth-order valence-corrected chi connectivity index (χ4v) is 2.21. The van der Waals surface area contributed by atoms with Crippen LogP contribution in [0.3, 0.4) is 0 Å². The molecule has 2 aromatic rings. The van der Waals surface area contributed by atoms with Crippen LogP contribution in [-0.4, -0.2) is 24.3 Å². The van der Waals surface area contributed by atoms with Gasteiger partial charge in [-0.15, -0.1) is 0 Å². The minimum Gasteiger partial charge on any atom is -0.507 e. The topological polar surface area (TPSA) is 93.8 Å². The van der Waals surface area contributed by atoms with Gasteiger partial charge in [-0.1, -0.05) is 0 Å². The van der Waals surface area contributed by atoms with E-state index in [0.717, 1.165) is 0 Å². The highest BCUT2D eigenvalue weighted by Gasteiger charge is 2.21. The standard InChI is InChI=1S/C15H14O6/c1-7(17)4-9-8(2)21-15-10(6-16)11(18)5-12(20-3)13(15)14(9)19/h5-6,18H,4H2,1-3H3. The summed E-state index contributed by atoms with van der Waals surface area (Å²) in [5.74, 6) is -0.195. The lowest BCUT2D eigenvalue weighted by Gasteiger charge is -2.11. The number of aryl methyl sites for hydroxylation is 1. The van der Waals surface area contributed by atoms with Crippen molar-refractivity contribution in [2.75, 3.05) is 7.11 Å². The fourth-order valence-electron chi connectivity index (χ4n) is 2.21. The second-order valence-electron chi connectivity index (χ2n) is 4.68. The van der Waals surface area contributed by atoms with Crippen LogP contribution in [0.2, 0.25) is 0 Å². The van der Waals surface area contributed by atoms with Gasteiger partial charge < -0.3 is 14.3 Å². The molecule has 6 heteroatoms. The molecule has 0 unspecified atom stereocenters. The van der Waals surface area contributed by atoms with E-state index in [-0.39, 0.29) is 51.6 Å². The molecule has 1 N–H and O–H groups in total. The summed E-state index contributed by atoms with van der Waals surface area (Å²) in [6.45, 7) is 2.90. The van der Waals surface area contributed by atoms with Crippen molar-refractivity contribution in [3.05, 3.63) is 33.2 Å². The van der Waals surface area contributed by atoms with Crippen molar-refractivity contribution in [2.24, 2.45) is 0 Å². The lowest BCUT2D eigenvalue weighted by atomic mass is 10.0. The SMILES string of the molecule is COc1cc(O)c(C=O)c2oc(C)c(CC(C)=O)c(=O)c12. The van der Waals surface area contributed by atoms with Crippen molar-refractivity contribution in [3.8, 4) is 11.5 Å². The number of hydrogen-bond donors (Lipinski definition) is 1. The molecule has 1 aromatic carbocycles. The highest BCUT2D eigenvalue weighted by molar-refractivity contribution is 6.00. The summed E-state index contributed by atoms with van der Waals surface area (Å²) in [7, 11) is 1.33. The van der Waals surface area contributed by atoms with Crippen molar-refractivity contribution in [1.82, 2.24) is 0 Å². The fraction of sp³-hybridized carbons (Fsp3) is 0.267. The first-order chi connectivity index (χ1) is 9.90. The van der Waals surface area contributed by atoms with Gasteiger partial charge in [-0.25, -0.2) is 0 Å². The first kappa shape index (κ1) is 14.8. The number of benzene rings is 1. The van der Waals surface area contributed by atoms with Gasteiger partial charge in [0.05, 0.1) is 12.7 Å². The molecule has 110 valence electrons. The number of ketones is 1. The Balaban J connectivity index is 2.99. The van der Waals surface area contributed by atoms with E-state index in [4.69, 9.17) is 9.15 Å². The predicted octanol–water partition coefficient (Wildman–Crippen LogP) is 1.76. The van der Waals surface area contributed by atoms with E-state index < -0.39 is 5.43 Å². The predicted molar refractivity (Wildman–Crippen MR) is 75.2 cm³/mol. The molecule has 0 atom stereocenters. The molecule has 0 bridgehead atoms. The number of Topliss-reactive ketones (excluding diaryl/α,β-unsaturated/α-hetero) is 1. The Morgan fingerprint density at radius 2 is 2.14 bits per heavy atom. The highest BCUT2D eigenvalue weighted by Crippen LogP contribution is 2.33. The average Bonchev–Trinajstić information content (AvgIpc) is 2.42. The molecule has 0 aliphatic carbocycles. The summed E-state index contributed by atoms with van der Waals surface area (Å²) in [6.07, 6.45) is 0.342. The number of aromatic hydroxyl groups is 1. The average molecular weight is 290 g/mol. The van der Waals surface area contributed by atoms with Gasteiger partial charge in [0.1, 0.15) is 28.4 Å². The number of carbonyl (C=O) groups excluding carboxylic acids is 2. The minimum atomic E-state index is -0.441. The van der Waals surface area contributed by atoms with Crippen LogP contribution < -0.4 is 10.2 Å². The number of ether oxygens (including phenoxy) is 1. The van der Waals surface area contributed by atoms with E-state index in [0.29, 0.717) is 6.29 Å². The number of aldehydes is 1. The number of methoxy groups -OCH3 is 1. The largest absolute Gasteiger partial charge is 0.507 e. The summed E-state index contributed by atoms with van der Waals surface area (Å²) in [6, 6.07) is 1.18. The van der Waals surface area contributed by atoms with Gasteiger partial charge in [0.15, 0.2) is 17.3 Å². The number of phenolic OH excluding ortho intramolecular Hbond substituents is 1. The summed E-state index contributed by atoms with van der Waals surface area (Å²) in [4.78, 5) is 34.9. The first-order valence-electron chi connectivity index (χ1n) is 6.21. The van der Waals surface area contributed by atoms with Gasteiger partial charge in [0, 0.05) is 18.1 Å². The van der Waals surface area contributed by atoms with Crippen molar-refractivity contribution in [2.45, 2.75) is 20.3 Å². The molecule has 0 amide bonds. The van der Waals surface area contributed by atoms with Gasteiger partial charge in [-0.05, 0) is 13.8 Å². The molecular weight excluding hydrogens is 276 g/mol. The molecule has 0 spiro atoms. The minimum absolute atomic E-state index is 0.0410. The Hall–Kier alpha value is -2.63. The summed E-state index contributed by atoms with van der Waals surface area (Å²) in [5, 5.41) is 9.83. The molecular formula is C15H14O6. The highest BCUT2D eigenvalue weighted by atomic mass is 16.5. The molecule has 6 nitrogen and oxygen atoms in total. The molecule has 1 heterocycles. The van der Waals surface area contributed by atoms with Crippen LogP contribution in [0, 0.1) is 6.92 Å². The third-order valence-corrected chi connectivity index (χ3v) is 3.21. The Bertz CT molecular complexity index is 800. The first-order valence-corrected chi connectivity index (χ1v) is 6.21. The number of rotatable bonds is 4. The molecule has 0 aliphatic rings. The maximum absolute atomic E-state index is 12.6. The molecule has 21 heavy (non-hydrogen) atoms. The normalized spacial score (nSPS) is 10.6. The second-order valence-corrected chi connectivity index (χ2v) is 4.68. The Labute approximate surface area is 119 Å². The maximum atomic E-state index is 12.6. The van der Waals surface area contributed by atoms with Gasteiger partial charge in [0.2, 0.25) is 0 Å². The molecule has 0 saturated carbocycles. The van der Waals surface area contributed by atoms with E-state index in [9.17, 15) is 19.5 Å². The Morgan fingerprint density at radius 3 is 2.67 bits per heavy atom. The lowest BCUT2D eigenvalue weighted by molar-refractivity contribution is -0.116. The summed E-state index contributed by atoms with van der Waals surface area (Å²) >= 11 is 0. The zero-order valence-electron chi connectivity index (χ0n) is 11.9. The maximum Gasteiger partial charge on any atom is 0.200 e. The van der Waals surface area contributed by atoms with E-state index in [1.165, 1.54) is 27.0 Å². The summed E-state index contributed by atoms with van der Waals surface area (Å²) in [5.41, 5.74) is -0.392. The van der Waals surface area contributed by atoms with Crippen LogP contribution in [0.15, 0.2) is 15.3 Å². The van der Waals surface area contributed by atoms with E-state index >= 15 is 0 Å². The van der Waals surface area contributed by atoms with Crippen LogP contribution in [0.1, 0.15) is 28.6 Å². The van der Waals surface area contributed by atoms with E-state index in [1.54, 1.807) is 0 Å². The Kier molecular flexibility index (Phi) is 3.80. The van der Waals surface area contributed by atoms with E-state index in [2.05, 4.69) is 0 Å². The van der Waals surface area contributed by atoms with Crippen molar-refractivity contribution in [3.63, 3.8) is 0 Å². The number of carbonyl (C=O) groups is 2.